The molecule has 1 N–H and O–H groups in total. The third-order valence-corrected chi connectivity index (χ3v) is 3.94. The van der Waals surface area contributed by atoms with Gasteiger partial charge < -0.3 is 10.0 Å². The van der Waals surface area contributed by atoms with Crippen LogP contribution in [0, 0.1) is 5.92 Å². The van der Waals surface area contributed by atoms with E-state index in [1.165, 1.54) is 24.1 Å². The SMILES string of the molecule is CN(C)c1ccc(/C=C/CN2CCCC(CO)C2)cc1. The molecule has 0 radical (unpaired) electrons. The van der Waals surface area contributed by atoms with Gasteiger partial charge in [-0.3, -0.25) is 4.90 Å². The maximum atomic E-state index is 9.23. The van der Waals surface area contributed by atoms with Gasteiger partial charge in [0.15, 0.2) is 0 Å². The van der Waals surface area contributed by atoms with Gasteiger partial charge in [0.25, 0.3) is 0 Å². The van der Waals surface area contributed by atoms with Crippen LogP contribution < -0.4 is 4.90 Å². The zero-order valence-electron chi connectivity index (χ0n) is 12.6. The molecule has 3 nitrogen and oxygen atoms in total. The number of piperidine rings is 1. The molecule has 3 heteroatoms. The summed E-state index contributed by atoms with van der Waals surface area (Å²) in [5.41, 5.74) is 2.47. The predicted octanol–water partition coefficient (Wildman–Crippen LogP) is 2.47. The number of aliphatic hydroxyl groups is 1. The largest absolute Gasteiger partial charge is 0.396 e. The Morgan fingerprint density at radius 3 is 2.70 bits per heavy atom. The fraction of sp³-hybridized carbons (Fsp3) is 0.529. The van der Waals surface area contributed by atoms with Gasteiger partial charge in [-0.15, -0.1) is 0 Å². The Kier molecular flexibility index (Phi) is 5.62. The number of benzene rings is 1. The summed E-state index contributed by atoms with van der Waals surface area (Å²) in [6.45, 7) is 3.49. The average molecular weight is 274 g/mol. The number of aliphatic hydroxyl groups excluding tert-OH is 1. The fourth-order valence-electron chi connectivity index (χ4n) is 2.69. The number of likely N-dealkylation sites (tertiary alicyclic amines) is 1. The van der Waals surface area contributed by atoms with Crippen molar-refractivity contribution in [3.05, 3.63) is 35.9 Å². The Bertz CT molecular complexity index is 425. The molecule has 2 rings (SSSR count). The lowest BCUT2D eigenvalue weighted by Gasteiger charge is -2.30. The van der Waals surface area contributed by atoms with E-state index in [2.05, 4.69) is 60.3 Å². The van der Waals surface area contributed by atoms with Crippen molar-refractivity contribution in [1.82, 2.24) is 4.90 Å². The molecular formula is C17H26N2O. The van der Waals surface area contributed by atoms with Gasteiger partial charge in [0, 0.05) is 39.5 Å². The van der Waals surface area contributed by atoms with Crippen molar-refractivity contribution in [3.8, 4) is 0 Å². The van der Waals surface area contributed by atoms with Crippen LogP contribution in [-0.4, -0.2) is 50.3 Å². The van der Waals surface area contributed by atoms with Gasteiger partial charge in [-0.25, -0.2) is 0 Å². The number of hydrogen-bond acceptors (Lipinski definition) is 3. The first-order valence-electron chi connectivity index (χ1n) is 7.46. The highest BCUT2D eigenvalue weighted by atomic mass is 16.3. The highest BCUT2D eigenvalue weighted by Crippen LogP contribution is 2.16. The van der Waals surface area contributed by atoms with E-state index >= 15 is 0 Å². The van der Waals surface area contributed by atoms with Crippen molar-refractivity contribution < 1.29 is 5.11 Å². The van der Waals surface area contributed by atoms with Gasteiger partial charge in [-0.1, -0.05) is 24.3 Å². The van der Waals surface area contributed by atoms with Gasteiger partial charge in [0.05, 0.1) is 0 Å². The Morgan fingerprint density at radius 2 is 2.05 bits per heavy atom. The quantitative estimate of drug-likeness (QED) is 0.893. The van der Waals surface area contributed by atoms with Crippen molar-refractivity contribution in [2.24, 2.45) is 5.92 Å². The van der Waals surface area contributed by atoms with Crippen LogP contribution in [0.4, 0.5) is 5.69 Å². The van der Waals surface area contributed by atoms with Crippen molar-refractivity contribution in [1.29, 1.82) is 0 Å². The molecule has 0 aromatic heterocycles. The van der Waals surface area contributed by atoms with Crippen LogP contribution in [0.15, 0.2) is 30.3 Å². The van der Waals surface area contributed by atoms with Gasteiger partial charge >= 0.3 is 0 Å². The Labute approximate surface area is 122 Å². The molecule has 1 aromatic carbocycles. The smallest absolute Gasteiger partial charge is 0.0471 e. The van der Waals surface area contributed by atoms with E-state index in [9.17, 15) is 5.11 Å². The predicted molar refractivity (Wildman–Crippen MR) is 86.1 cm³/mol. The molecule has 1 heterocycles. The van der Waals surface area contributed by atoms with E-state index in [-0.39, 0.29) is 0 Å². The minimum Gasteiger partial charge on any atom is -0.396 e. The van der Waals surface area contributed by atoms with E-state index in [0.29, 0.717) is 12.5 Å². The lowest BCUT2D eigenvalue weighted by molar-refractivity contribution is 0.129. The van der Waals surface area contributed by atoms with Crippen LogP contribution in [0.5, 0.6) is 0 Å². The molecule has 110 valence electrons. The van der Waals surface area contributed by atoms with Crippen molar-refractivity contribution in [3.63, 3.8) is 0 Å². The summed E-state index contributed by atoms with van der Waals surface area (Å²) >= 11 is 0. The van der Waals surface area contributed by atoms with Gasteiger partial charge in [0.1, 0.15) is 0 Å². The zero-order chi connectivity index (χ0) is 14.4. The molecular weight excluding hydrogens is 248 g/mol. The van der Waals surface area contributed by atoms with Gasteiger partial charge in [-0.05, 0) is 43.0 Å². The minimum absolute atomic E-state index is 0.326. The van der Waals surface area contributed by atoms with E-state index in [1.807, 2.05) is 0 Å². The lowest BCUT2D eigenvalue weighted by Crippen LogP contribution is -2.36. The van der Waals surface area contributed by atoms with Crippen LogP contribution in [0.2, 0.25) is 0 Å². The topological polar surface area (TPSA) is 26.7 Å². The molecule has 1 aliphatic heterocycles. The molecule has 1 aromatic rings. The highest BCUT2D eigenvalue weighted by Gasteiger charge is 2.17. The molecule has 20 heavy (non-hydrogen) atoms. The van der Waals surface area contributed by atoms with E-state index in [4.69, 9.17) is 0 Å². The normalized spacial score (nSPS) is 20.4. The zero-order valence-corrected chi connectivity index (χ0v) is 12.6. The highest BCUT2D eigenvalue weighted by molar-refractivity contribution is 5.55. The molecule has 0 amide bonds. The third-order valence-electron chi connectivity index (χ3n) is 3.94. The summed E-state index contributed by atoms with van der Waals surface area (Å²) in [5, 5.41) is 9.23. The minimum atomic E-state index is 0.326. The summed E-state index contributed by atoms with van der Waals surface area (Å²) in [4.78, 5) is 4.53. The summed E-state index contributed by atoms with van der Waals surface area (Å²) in [6.07, 6.45) is 6.78. The maximum Gasteiger partial charge on any atom is 0.0471 e. The van der Waals surface area contributed by atoms with Crippen LogP contribution in [-0.2, 0) is 0 Å². The Balaban J connectivity index is 1.83. The summed E-state index contributed by atoms with van der Waals surface area (Å²) in [7, 11) is 4.11. The first-order valence-corrected chi connectivity index (χ1v) is 7.46. The van der Waals surface area contributed by atoms with E-state index in [1.54, 1.807) is 0 Å². The second kappa shape index (κ2) is 7.46. The first-order chi connectivity index (χ1) is 9.69. The number of hydrogen-bond donors (Lipinski definition) is 1. The van der Waals surface area contributed by atoms with Crippen LogP contribution in [0.3, 0.4) is 0 Å². The fourth-order valence-corrected chi connectivity index (χ4v) is 2.69. The van der Waals surface area contributed by atoms with Crippen molar-refractivity contribution in [2.45, 2.75) is 12.8 Å². The summed E-state index contributed by atoms with van der Waals surface area (Å²) < 4.78 is 0. The lowest BCUT2D eigenvalue weighted by atomic mass is 9.99. The second-order valence-electron chi connectivity index (χ2n) is 5.84. The maximum absolute atomic E-state index is 9.23. The number of nitrogens with zero attached hydrogens (tertiary/aromatic N) is 2. The standard InChI is InChI=1S/C17H26N2O/c1-18(2)17-9-7-15(8-10-17)5-3-11-19-12-4-6-16(13-19)14-20/h3,5,7-10,16,20H,4,6,11-14H2,1-2H3/b5-3+. The summed E-state index contributed by atoms with van der Waals surface area (Å²) in [5.74, 6) is 0.469. The van der Waals surface area contributed by atoms with Crippen molar-refractivity contribution >= 4 is 11.8 Å². The Hall–Kier alpha value is -1.32. The second-order valence-corrected chi connectivity index (χ2v) is 5.84. The van der Waals surface area contributed by atoms with Gasteiger partial charge in [0.2, 0.25) is 0 Å². The molecule has 0 spiro atoms. The molecule has 1 fully saturated rings. The molecule has 0 saturated carbocycles. The molecule has 0 bridgehead atoms. The van der Waals surface area contributed by atoms with Crippen LogP contribution >= 0.6 is 0 Å². The third kappa shape index (κ3) is 4.36. The molecule has 1 aliphatic rings. The van der Waals surface area contributed by atoms with Crippen LogP contribution in [0.1, 0.15) is 18.4 Å². The average Bonchev–Trinajstić information content (AvgIpc) is 2.48. The number of anilines is 1. The van der Waals surface area contributed by atoms with E-state index in [0.717, 1.165) is 19.6 Å². The van der Waals surface area contributed by atoms with Crippen molar-refractivity contribution in [2.75, 3.05) is 45.2 Å². The first kappa shape index (κ1) is 15.1. The number of rotatable bonds is 5. The molecule has 0 aliphatic carbocycles. The van der Waals surface area contributed by atoms with Crippen LogP contribution in [0.25, 0.3) is 6.08 Å². The monoisotopic (exact) mass is 274 g/mol. The summed E-state index contributed by atoms with van der Waals surface area (Å²) in [6, 6.07) is 8.59. The van der Waals surface area contributed by atoms with E-state index < -0.39 is 0 Å². The molecule has 1 unspecified atom stereocenters. The van der Waals surface area contributed by atoms with Gasteiger partial charge in [-0.2, -0.15) is 0 Å². The molecule has 1 saturated heterocycles. The Morgan fingerprint density at radius 1 is 1.30 bits per heavy atom. The molecule has 1 atom stereocenters.